The third-order valence-electron chi connectivity index (χ3n) is 3.09. The van der Waals surface area contributed by atoms with Gasteiger partial charge in [0.15, 0.2) is 0 Å². The lowest BCUT2D eigenvalue weighted by molar-refractivity contribution is 0.727. The summed E-state index contributed by atoms with van der Waals surface area (Å²) in [5.41, 5.74) is 6.58. The first-order valence-electron chi connectivity index (χ1n) is 6.57. The van der Waals surface area contributed by atoms with Crippen molar-refractivity contribution in [1.29, 1.82) is 0 Å². The van der Waals surface area contributed by atoms with E-state index in [1.807, 2.05) is 0 Å². The Hall–Kier alpha value is -1.60. The second-order valence-corrected chi connectivity index (χ2v) is 4.85. The Bertz CT molecular complexity index is 491. The van der Waals surface area contributed by atoms with Crippen LogP contribution in [0, 0.1) is 13.8 Å². The van der Waals surface area contributed by atoms with Gasteiger partial charge in [-0.05, 0) is 37.1 Å². The van der Waals surface area contributed by atoms with Gasteiger partial charge in [-0.2, -0.15) is 0 Å². The summed E-state index contributed by atoms with van der Waals surface area (Å²) in [5.74, 6) is 0. The average molecular weight is 239 g/mol. The van der Waals surface area contributed by atoms with Crippen molar-refractivity contribution >= 4 is 0 Å². The van der Waals surface area contributed by atoms with E-state index in [2.05, 4.69) is 68.6 Å². The molecule has 18 heavy (non-hydrogen) atoms. The molecule has 0 saturated heterocycles. The lowest BCUT2D eigenvalue weighted by Gasteiger charge is -2.07. The molecule has 0 spiro atoms. The monoisotopic (exact) mass is 239 g/mol. The summed E-state index contributed by atoms with van der Waals surface area (Å²) >= 11 is 0. The minimum Gasteiger partial charge on any atom is -0.313 e. The van der Waals surface area contributed by atoms with Gasteiger partial charge in [-0.15, -0.1) is 0 Å². The van der Waals surface area contributed by atoms with Gasteiger partial charge in [0.2, 0.25) is 0 Å². The molecule has 1 heteroatoms. The molecule has 1 nitrogen and oxygen atoms in total. The van der Waals surface area contributed by atoms with Gasteiger partial charge in [-0.3, -0.25) is 0 Å². The molecular formula is C17H21N. The standard InChI is InChI=1S/C17H21N/c1-4-18-12-15-5-7-16(8-6-15)17-10-13(2)9-14(3)11-17/h5-11,18H,4,12H2,1-3H3. The van der Waals surface area contributed by atoms with Crippen LogP contribution < -0.4 is 5.32 Å². The van der Waals surface area contributed by atoms with Gasteiger partial charge in [-0.1, -0.05) is 60.5 Å². The second-order valence-electron chi connectivity index (χ2n) is 4.85. The molecule has 2 aromatic carbocycles. The van der Waals surface area contributed by atoms with E-state index < -0.39 is 0 Å². The first kappa shape index (κ1) is 12.8. The fourth-order valence-corrected chi connectivity index (χ4v) is 2.23. The second kappa shape index (κ2) is 5.83. The Morgan fingerprint density at radius 1 is 0.833 bits per heavy atom. The van der Waals surface area contributed by atoms with Crippen molar-refractivity contribution in [1.82, 2.24) is 5.32 Å². The minimum absolute atomic E-state index is 0.948. The molecule has 0 aliphatic heterocycles. The van der Waals surface area contributed by atoms with Crippen LogP contribution in [0.25, 0.3) is 11.1 Å². The van der Waals surface area contributed by atoms with E-state index in [0.717, 1.165) is 13.1 Å². The molecule has 0 aromatic heterocycles. The van der Waals surface area contributed by atoms with Gasteiger partial charge >= 0.3 is 0 Å². The van der Waals surface area contributed by atoms with E-state index in [-0.39, 0.29) is 0 Å². The van der Waals surface area contributed by atoms with Crippen molar-refractivity contribution in [2.75, 3.05) is 6.54 Å². The zero-order chi connectivity index (χ0) is 13.0. The largest absolute Gasteiger partial charge is 0.313 e. The third-order valence-corrected chi connectivity index (χ3v) is 3.09. The summed E-state index contributed by atoms with van der Waals surface area (Å²) in [5, 5.41) is 3.34. The Morgan fingerprint density at radius 2 is 1.44 bits per heavy atom. The molecule has 0 fully saturated rings. The van der Waals surface area contributed by atoms with Crippen molar-refractivity contribution in [3.8, 4) is 11.1 Å². The quantitative estimate of drug-likeness (QED) is 0.847. The van der Waals surface area contributed by atoms with Gasteiger partial charge in [0, 0.05) is 6.54 Å². The number of hydrogen-bond acceptors (Lipinski definition) is 1. The SMILES string of the molecule is CCNCc1ccc(-c2cc(C)cc(C)c2)cc1. The lowest BCUT2D eigenvalue weighted by atomic mass is 10.00. The molecule has 0 bridgehead atoms. The van der Waals surface area contributed by atoms with Crippen molar-refractivity contribution < 1.29 is 0 Å². The summed E-state index contributed by atoms with van der Waals surface area (Å²) < 4.78 is 0. The highest BCUT2D eigenvalue weighted by atomic mass is 14.8. The van der Waals surface area contributed by atoms with Gasteiger partial charge in [0.05, 0.1) is 0 Å². The average Bonchev–Trinajstić information content (AvgIpc) is 2.36. The Balaban J connectivity index is 2.23. The maximum absolute atomic E-state index is 3.34. The van der Waals surface area contributed by atoms with Crippen LogP contribution in [0.5, 0.6) is 0 Å². The van der Waals surface area contributed by atoms with Gasteiger partial charge in [-0.25, -0.2) is 0 Å². The van der Waals surface area contributed by atoms with Crippen molar-refractivity contribution in [3.63, 3.8) is 0 Å². The Kier molecular flexibility index (Phi) is 4.16. The topological polar surface area (TPSA) is 12.0 Å². The van der Waals surface area contributed by atoms with E-state index in [4.69, 9.17) is 0 Å². The molecular weight excluding hydrogens is 218 g/mol. The molecule has 0 aliphatic rings. The van der Waals surface area contributed by atoms with Crippen LogP contribution in [0.15, 0.2) is 42.5 Å². The summed E-state index contributed by atoms with van der Waals surface area (Å²) in [6.07, 6.45) is 0. The van der Waals surface area contributed by atoms with Gasteiger partial charge in [0.25, 0.3) is 0 Å². The minimum atomic E-state index is 0.948. The number of nitrogens with one attached hydrogen (secondary N) is 1. The van der Waals surface area contributed by atoms with Crippen LogP contribution in [-0.4, -0.2) is 6.54 Å². The van der Waals surface area contributed by atoms with Crippen LogP contribution in [0.2, 0.25) is 0 Å². The highest BCUT2D eigenvalue weighted by molar-refractivity contribution is 5.65. The number of aryl methyl sites for hydroxylation is 2. The molecule has 0 radical (unpaired) electrons. The molecule has 2 aromatic rings. The van der Waals surface area contributed by atoms with E-state index in [1.54, 1.807) is 0 Å². The summed E-state index contributed by atoms with van der Waals surface area (Å²) in [7, 11) is 0. The summed E-state index contributed by atoms with van der Waals surface area (Å²) in [4.78, 5) is 0. The number of benzene rings is 2. The van der Waals surface area contributed by atoms with Crippen LogP contribution in [0.4, 0.5) is 0 Å². The van der Waals surface area contributed by atoms with E-state index >= 15 is 0 Å². The summed E-state index contributed by atoms with van der Waals surface area (Å²) in [6, 6.07) is 15.5. The molecule has 94 valence electrons. The van der Waals surface area contributed by atoms with Crippen molar-refractivity contribution in [2.24, 2.45) is 0 Å². The van der Waals surface area contributed by atoms with E-state index in [1.165, 1.54) is 27.8 Å². The number of rotatable bonds is 4. The Morgan fingerprint density at radius 3 is 2.00 bits per heavy atom. The molecule has 0 aliphatic carbocycles. The fourth-order valence-electron chi connectivity index (χ4n) is 2.23. The van der Waals surface area contributed by atoms with Crippen molar-refractivity contribution in [3.05, 3.63) is 59.2 Å². The predicted molar refractivity (Wildman–Crippen MR) is 78.7 cm³/mol. The first-order chi connectivity index (χ1) is 8.69. The molecule has 2 rings (SSSR count). The van der Waals surface area contributed by atoms with Crippen LogP contribution in [-0.2, 0) is 6.54 Å². The van der Waals surface area contributed by atoms with Gasteiger partial charge < -0.3 is 5.32 Å². The highest BCUT2D eigenvalue weighted by Gasteiger charge is 2.00. The normalized spacial score (nSPS) is 10.6. The third kappa shape index (κ3) is 3.21. The predicted octanol–water partition coefficient (Wildman–Crippen LogP) is 4.08. The maximum Gasteiger partial charge on any atom is 0.0205 e. The van der Waals surface area contributed by atoms with Crippen LogP contribution >= 0.6 is 0 Å². The fraction of sp³-hybridized carbons (Fsp3) is 0.294. The van der Waals surface area contributed by atoms with E-state index in [0.29, 0.717) is 0 Å². The molecule has 0 heterocycles. The lowest BCUT2D eigenvalue weighted by Crippen LogP contribution is -2.11. The smallest absolute Gasteiger partial charge is 0.0205 e. The van der Waals surface area contributed by atoms with Crippen LogP contribution in [0.1, 0.15) is 23.6 Å². The molecule has 1 N–H and O–H groups in total. The van der Waals surface area contributed by atoms with Gasteiger partial charge in [0.1, 0.15) is 0 Å². The zero-order valence-electron chi connectivity index (χ0n) is 11.5. The zero-order valence-corrected chi connectivity index (χ0v) is 11.5. The molecule has 0 saturated carbocycles. The highest BCUT2D eigenvalue weighted by Crippen LogP contribution is 2.22. The molecule has 0 atom stereocenters. The molecule has 0 amide bonds. The van der Waals surface area contributed by atoms with Crippen molar-refractivity contribution in [2.45, 2.75) is 27.3 Å². The molecule has 0 unspecified atom stereocenters. The van der Waals surface area contributed by atoms with E-state index in [9.17, 15) is 0 Å². The van der Waals surface area contributed by atoms with Crippen LogP contribution in [0.3, 0.4) is 0 Å². The first-order valence-corrected chi connectivity index (χ1v) is 6.57. The number of hydrogen-bond donors (Lipinski definition) is 1. The Labute approximate surface area is 110 Å². The summed E-state index contributed by atoms with van der Waals surface area (Å²) in [6.45, 7) is 8.39. The maximum atomic E-state index is 3.34.